The van der Waals surface area contributed by atoms with Crippen LogP contribution < -0.4 is 10.1 Å². The summed E-state index contributed by atoms with van der Waals surface area (Å²) in [7, 11) is -0.0949. The molecule has 0 spiro atoms. The van der Waals surface area contributed by atoms with E-state index in [0.717, 1.165) is 5.39 Å². The Bertz CT molecular complexity index is 928. The lowest BCUT2D eigenvalue weighted by molar-refractivity contribution is -0.0425. The number of para-hydroxylation sites is 1. The zero-order chi connectivity index (χ0) is 19.7. The smallest absolute Gasteiger partial charge is 0.287 e. The van der Waals surface area contributed by atoms with E-state index in [-0.39, 0.29) is 18.2 Å². The highest BCUT2D eigenvalue weighted by molar-refractivity contribution is 7.88. The van der Waals surface area contributed by atoms with E-state index in [1.54, 1.807) is 26.4 Å². The largest absolute Gasteiger partial charge is 0.493 e. The van der Waals surface area contributed by atoms with Crippen LogP contribution in [0.1, 0.15) is 23.4 Å². The second-order valence-corrected chi connectivity index (χ2v) is 8.70. The zero-order valence-corrected chi connectivity index (χ0v) is 16.5. The average Bonchev–Trinajstić information content (AvgIpc) is 3.10. The number of rotatable bonds is 6. The quantitative estimate of drug-likeness (QED) is 0.797. The first-order valence-corrected chi connectivity index (χ1v) is 10.5. The molecule has 1 amide bonds. The Labute approximate surface area is 158 Å². The number of piperidine rings is 1. The van der Waals surface area contributed by atoms with E-state index in [0.29, 0.717) is 37.3 Å². The molecular formula is C18H24N2O6S. The summed E-state index contributed by atoms with van der Waals surface area (Å²) in [4.78, 5) is 12.5. The molecule has 2 heterocycles. The SMILES string of the molecule is COc1cccc2cc(C(=O)NCC3(OC)CCN(S(C)(=O)=O)CC3)oc12. The highest BCUT2D eigenvalue weighted by Crippen LogP contribution is 2.29. The van der Waals surface area contributed by atoms with Gasteiger partial charge in [-0.1, -0.05) is 12.1 Å². The molecule has 1 aromatic carbocycles. The van der Waals surface area contributed by atoms with Gasteiger partial charge < -0.3 is 19.2 Å². The third-order valence-corrected chi connectivity index (χ3v) is 6.36. The van der Waals surface area contributed by atoms with Crippen LogP contribution in [0.3, 0.4) is 0 Å². The van der Waals surface area contributed by atoms with E-state index in [9.17, 15) is 13.2 Å². The fourth-order valence-electron chi connectivity index (χ4n) is 3.32. The number of carbonyl (C=O) groups is 1. The molecule has 1 N–H and O–H groups in total. The number of methoxy groups -OCH3 is 2. The number of nitrogens with zero attached hydrogens (tertiary/aromatic N) is 1. The van der Waals surface area contributed by atoms with Crippen molar-refractivity contribution < 1.29 is 27.1 Å². The lowest BCUT2D eigenvalue weighted by Gasteiger charge is -2.39. The Morgan fingerprint density at radius 3 is 2.59 bits per heavy atom. The third kappa shape index (κ3) is 4.10. The lowest BCUT2D eigenvalue weighted by atomic mass is 9.92. The molecule has 148 valence electrons. The fraction of sp³-hybridized carbons (Fsp3) is 0.500. The summed E-state index contributed by atoms with van der Waals surface area (Å²) in [5.41, 5.74) is -0.0753. The molecule has 9 heteroatoms. The van der Waals surface area contributed by atoms with Crippen molar-refractivity contribution in [3.8, 4) is 5.75 Å². The minimum atomic E-state index is -3.22. The predicted octanol–water partition coefficient (Wildman–Crippen LogP) is 1.61. The van der Waals surface area contributed by atoms with E-state index < -0.39 is 15.6 Å². The monoisotopic (exact) mass is 396 g/mol. The molecule has 1 aliphatic heterocycles. The molecule has 0 aliphatic carbocycles. The summed E-state index contributed by atoms with van der Waals surface area (Å²) in [6.07, 6.45) is 2.21. The third-order valence-electron chi connectivity index (χ3n) is 5.06. The first-order chi connectivity index (χ1) is 12.8. The van der Waals surface area contributed by atoms with Crippen molar-refractivity contribution in [2.24, 2.45) is 0 Å². The van der Waals surface area contributed by atoms with Gasteiger partial charge in [0.25, 0.3) is 5.91 Å². The molecule has 1 aromatic heterocycles. The number of hydrogen-bond donors (Lipinski definition) is 1. The Kier molecular flexibility index (Phi) is 5.45. The molecule has 1 saturated heterocycles. The molecule has 2 aromatic rings. The fourth-order valence-corrected chi connectivity index (χ4v) is 4.16. The molecule has 0 radical (unpaired) electrons. The maximum Gasteiger partial charge on any atom is 0.287 e. The van der Waals surface area contributed by atoms with Gasteiger partial charge in [-0.15, -0.1) is 0 Å². The summed E-state index contributed by atoms with van der Waals surface area (Å²) < 4.78 is 41.3. The highest BCUT2D eigenvalue weighted by atomic mass is 32.2. The number of nitrogens with one attached hydrogen (secondary N) is 1. The van der Waals surface area contributed by atoms with Gasteiger partial charge in [0, 0.05) is 32.1 Å². The number of ether oxygens (including phenoxy) is 2. The molecule has 3 rings (SSSR count). The Hall–Kier alpha value is -2.10. The van der Waals surface area contributed by atoms with E-state index in [4.69, 9.17) is 13.9 Å². The minimum absolute atomic E-state index is 0.189. The second-order valence-electron chi connectivity index (χ2n) is 6.72. The summed E-state index contributed by atoms with van der Waals surface area (Å²) in [5.74, 6) is 0.401. The van der Waals surface area contributed by atoms with Crippen LogP contribution in [0.2, 0.25) is 0 Å². The number of fused-ring (bicyclic) bond motifs is 1. The van der Waals surface area contributed by atoms with Crippen LogP contribution in [0.15, 0.2) is 28.7 Å². The molecule has 0 unspecified atom stereocenters. The molecule has 8 nitrogen and oxygen atoms in total. The standard InChI is InChI=1S/C18H24N2O6S/c1-24-14-6-4-5-13-11-15(26-16(13)14)17(21)19-12-18(25-2)7-9-20(10-8-18)27(3,22)23/h4-6,11H,7-10,12H2,1-3H3,(H,19,21). The lowest BCUT2D eigenvalue weighted by Crippen LogP contribution is -2.52. The Morgan fingerprint density at radius 2 is 2.00 bits per heavy atom. The van der Waals surface area contributed by atoms with E-state index >= 15 is 0 Å². The van der Waals surface area contributed by atoms with Crippen molar-refractivity contribution in [2.75, 3.05) is 40.1 Å². The predicted molar refractivity (Wildman–Crippen MR) is 100 cm³/mol. The van der Waals surface area contributed by atoms with Gasteiger partial charge in [-0.05, 0) is 25.0 Å². The molecule has 27 heavy (non-hydrogen) atoms. The van der Waals surface area contributed by atoms with Crippen LogP contribution in [-0.4, -0.2) is 64.3 Å². The summed E-state index contributed by atoms with van der Waals surface area (Å²) >= 11 is 0. The van der Waals surface area contributed by atoms with E-state index in [2.05, 4.69) is 5.32 Å². The van der Waals surface area contributed by atoms with E-state index in [1.165, 1.54) is 10.6 Å². The summed E-state index contributed by atoms with van der Waals surface area (Å²) in [6.45, 7) is 1.00. The maximum absolute atomic E-state index is 12.5. The van der Waals surface area contributed by atoms with Crippen molar-refractivity contribution in [1.29, 1.82) is 0 Å². The second kappa shape index (κ2) is 7.49. The van der Waals surface area contributed by atoms with Gasteiger partial charge in [0.05, 0.1) is 19.0 Å². The summed E-state index contributed by atoms with van der Waals surface area (Å²) in [5, 5.41) is 3.63. The minimum Gasteiger partial charge on any atom is -0.493 e. The van der Waals surface area contributed by atoms with Crippen LogP contribution in [0.25, 0.3) is 11.0 Å². The van der Waals surface area contributed by atoms with Gasteiger partial charge >= 0.3 is 0 Å². The maximum atomic E-state index is 12.5. The van der Waals surface area contributed by atoms with Gasteiger partial charge in [0.15, 0.2) is 17.1 Å². The van der Waals surface area contributed by atoms with Crippen LogP contribution in [0.4, 0.5) is 0 Å². The number of amides is 1. The van der Waals surface area contributed by atoms with Crippen LogP contribution in [-0.2, 0) is 14.8 Å². The van der Waals surface area contributed by atoms with Gasteiger partial charge in [-0.25, -0.2) is 12.7 Å². The van der Waals surface area contributed by atoms with Crippen molar-refractivity contribution in [3.63, 3.8) is 0 Å². The number of furan rings is 1. The highest BCUT2D eigenvalue weighted by Gasteiger charge is 2.37. The first-order valence-electron chi connectivity index (χ1n) is 8.63. The van der Waals surface area contributed by atoms with Crippen molar-refractivity contribution in [1.82, 2.24) is 9.62 Å². The van der Waals surface area contributed by atoms with Crippen molar-refractivity contribution in [3.05, 3.63) is 30.0 Å². The van der Waals surface area contributed by atoms with E-state index in [1.807, 2.05) is 12.1 Å². The van der Waals surface area contributed by atoms with Crippen LogP contribution in [0, 0.1) is 0 Å². The molecule has 1 fully saturated rings. The molecule has 0 saturated carbocycles. The molecular weight excluding hydrogens is 372 g/mol. The molecule has 0 bridgehead atoms. The topological polar surface area (TPSA) is 98.1 Å². The number of hydrogen-bond acceptors (Lipinski definition) is 6. The van der Waals surface area contributed by atoms with Crippen LogP contribution in [0.5, 0.6) is 5.75 Å². The number of carbonyl (C=O) groups excluding carboxylic acids is 1. The van der Waals surface area contributed by atoms with Gasteiger partial charge in [-0.3, -0.25) is 4.79 Å². The van der Waals surface area contributed by atoms with Crippen LogP contribution >= 0.6 is 0 Å². The van der Waals surface area contributed by atoms with Crippen molar-refractivity contribution >= 4 is 26.9 Å². The number of sulfonamides is 1. The normalized spacial score (nSPS) is 17.7. The zero-order valence-electron chi connectivity index (χ0n) is 15.6. The molecule has 1 aliphatic rings. The van der Waals surface area contributed by atoms with Crippen molar-refractivity contribution in [2.45, 2.75) is 18.4 Å². The van der Waals surface area contributed by atoms with Gasteiger partial charge in [0.2, 0.25) is 10.0 Å². The molecule has 0 atom stereocenters. The first kappa shape index (κ1) is 19.7. The van der Waals surface area contributed by atoms with Gasteiger partial charge in [-0.2, -0.15) is 0 Å². The Morgan fingerprint density at radius 1 is 1.30 bits per heavy atom. The Balaban J connectivity index is 1.68. The average molecular weight is 396 g/mol. The van der Waals surface area contributed by atoms with Gasteiger partial charge in [0.1, 0.15) is 0 Å². The number of benzene rings is 1. The summed E-state index contributed by atoms with van der Waals surface area (Å²) in [6, 6.07) is 7.10.